The number of nitrogens with zero attached hydrogens (tertiary/aromatic N) is 1. The Morgan fingerprint density at radius 3 is 2.35 bits per heavy atom. The molecule has 2 aromatic rings. The fourth-order valence-electron chi connectivity index (χ4n) is 3.43. The molecule has 4 heteroatoms. The fourth-order valence-corrected chi connectivity index (χ4v) is 3.56. The molecular formula is C22H27ClN2O. The molecule has 3 rings (SSSR count). The fraction of sp³-hybridized carbons (Fsp3) is 0.409. The van der Waals surface area contributed by atoms with E-state index < -0.39 is 0 Å². The smallest absolute Gasteiger partial charge is 0.220 e. The molecule has 3 nitrogen and oxygen atoms in total. The summed E-state index contributed by atoms with van der Waals surface area (Å²) in [4.78, 5) is 14.7. The molecule has 0 saturated carbocycles. The minimum atomic E-state index is 0.0168. The van der Waals surface area contributed by atoms with Crippen LogP contribution < -0.4 is 10.2 Å². The molecule has 138 valence electrons. The highest BCUT2D eigenvalue weighted by Crippen LogP contribution is 2.22. The van der Waals surface area contributed by atoms with Crippen molar-refractivity contribution in [1.29, 1.82) is 0 Å². The number of nitrogens with one attached hydrogen (secondary N) is 1. The van der Waals surface area contributed by atoms with Gasteiger partial charge in [-0.2, -0.15) is 0 Å². The highest BCUT2D eigenvalue weighted by Gasteiger charge is 2.13. The van der Waals surface area contributed by atoms with Gasteiger partial charge in [0.1, 0.15) is 0 Å². The summed E-state index contributed by atoms with van der Waals surface area (Å²) in [6, 6.07) is 16.3. The first-order valence-corrected chi connectivity index (χ1v) is 9.88. The Morgan fingerprint density at radius 2 is 1.69 bits per heavy atom. The Hall–Kier alpha value is -2.00. The summed E-state index contributed by atoms with van der Waals surface area (Å²) >= 11 is 5.89. The first kappa shape index (κ1) is 18.8. The largest absolute Gasteiger partial charge is 0.372 e. The molecule has 0 aromatic heterocycles. The number of halogens is 1. The Bertz CT molecular complexity index is 706. The monoisotopic (exact) mass is 370 g/mol. The van der Waals surface area contributed by atoms with Crippen LogP contribution in [0.4, 0.5) is 5.69 Å². The molecule has 0 aliphatic carbocycles. The van der Waals surface area contributed by atoms with Crippen LogP contribution in [-0.4, -0.2) is 19.0 Å². The van der Waals surface area contributed by atoms with Gasteiger partial charge in [-0.1, -0.05) is 35.9 Å². The molecule has 1 aliphatic rings. The highest BCUT2D eigenvalue weighted by molar-refractivity contribution is 6.30. The molecule has 1 aliphatic heterocycles. The lowest BCUT2D eigenvalue weighted by Gasteiger charge is -2.29. The van der Waals surface area contributed by atoms with Gasteiger partial charge in [0.2, 0.25) is 5.91 Å². The van der Waals surface area contributed by atoms with Gasteiger partial charge in [-0.05, 0) is 68.0 Å². The third kappa shape index (κ3) is 5.25. The number of anilines is 1. The number of hydrogen-bond donors (Lipinski definition) is 1. The summed E-state index contributed by atoms with van der Waals surface area (Å²) in [7, 11) is 0. The van der Waals surface area contributed by atoms with E-state index in [0.717, 1.165) is 35.7 Å². The van der Waals surface area contributed by atoms with Crippen LogP contribution >= 0.6 is 11.6 Å². The maximum atomic E-state index is 12.2. The van der Waals surface area contributed by atoms with Crippen molar-refractivity contribution in [1.82, 2.24) is 5.32 Å². The first-order chi connectivity index (χ1) is 12.6. The number of benzene rings is 2. The number of rotatable bonds is 6. The van der Waals surface area contributed by atoms with Crippen LogP contribution in [0.25, 0.3) is 0 Å². The Balaban J connectivity index is 1.49. The molecule has 26 heavy (non-hydrogen) atoms. The van der Waals surface area contributed by atoms with E-state index in [1.54, 1.807) is 0 Å². The highest BCUT2D eigenvalue weighted by atomic mass is 35.5. The summed E-state index contributed by atoms with van der Waals surface area (Å²) in [5.74, 6) is 0.0764. The zero-order chi connectivity index (χ0) is 18.4. The lowest BCUT2D eigenvalue weighted by molar-refractivity contribution is -0.121. The van der Waals surface area contributed by atoms with Gasteiger partial charge in [0.25, 0.3) is 0 Å². The van der Waals surface area contributed by atoms with Crippen molar-refractivity contribution in [2.45, 2.75) is 45.1 Å². The minimum Gasteiger partial charge on any atom is -0.372 e. The SMILES string of the molecule is C[C@H](NC(=O)CCc1ccc(Cl)cc1)c1ccc(N2CCCCC2)cc1. The van der Waals surface area contributed by atoms with Crippen molar-refractivity contribution in [3.05, 3.63) is 64.7 Å². The summed E-state index contributed by atoms with van der Waals surface area (Å²) in [5.41, 5.74) is 3.56. The average Bonchev–Trinajstić information content (AvgIpc) is 2.68. The Kier molecular flexibility index (Phi) is 6.56. The lowest BCUT2D eigenvalue weighted by atomic mass is 10.1. The van der Waals surface area contributed by atoms with Crippen molar-refractivity contribution in [3.63, 3.8) is 0 Å². The number of carbonyl (C=O) groups is 1. The molecule has 0 unspecified atom stereocenters. The maximum Gasteiger partial charge on any atom is 0.220 e. The number of aryl methyl sites for hydroxylation is 1. The molecule has 1 amide bonds. The van der Waals surface area contributed by atoms with E-state index in [-0.39, 0.29) is 11.9 Å². The zero-order valence-corrected chi connectivity index (χ0v) is 16.1. The predicted octanol–water partition coefficient (Wildman–Crippen LogP) is 5.14. The van der Waals surface area contributed by atoms with Crippen LogP contribution in [0.2, 0.25) is 5.02 Å². The van der Waals surface area contributed by atoms with Gasteiger partial charge in [-0.25, -0.2) is 0 Å². The summed E-state index contributed by atoms with van der Waals surface area (Å²) in [6.07, 6.45) is 5.11. The topological polar surface area (TPSA) is 32.3 Å². The van der Waals surface area contributed by atoms with Gasteiger partial charge in [0, 0.05) is 30.2 Å². The van der Waals surface area contributed by atoms with Gasteiger partial charge in [0.15, 0.2) is 0 Å². The molecule has 0 radical (unpaired) electrons. The van der Waals surface area contributed by atoms with E-state index in [1.807, 2.05) is 31.2 Å². The van der Waals surface area contributed by atoms with Crippen LogP contribution in [-0.2, 0) is 11.2 Å². The van der Waals surface area contributed by atoms with Crippen LogP contribution in [0.15, 0.2) is 48.5 Å². The third-order valence-corrected chi connectivity index (χ3v) is 5.30. The number of amides is 1. The number of carbonyl (C=O) groups excluding carboxylic acids is 1. The van der Waals surface area contributed by atoms with Crippen LogP contribution in [0.1, 0.15) is 49.8 Å². The van der Waals surface area contributed by atoms with E-state index >= 15 is 0 Å². The molecule has 1 heterocycles. The lowest BCUT2D eigenvalue weighted by Crippen LogP contribution is -2.29. The van der Waals surface area contributed by atoms with Crippen LogP contribution in [0.3, 0.4) is 0 Å². The van der Waals surface area contributed by atoms with Crippen molar-refractivity contribution in [3.8, 4) is 0 Å². The number of hydrogen-bond acceptors (Lipinski definition) is 2. The van der Waals surface area contributed by atoms with Gasteiger partial charge in [-0.15, -0.1) is 0 Å². The van der Waals surface area contributed by atoms with E-state index in [1.165, 1.54) is 24.9 Å². The van der Waals surface area contributed by atoms with Gasteiger partial charge >= 0.3 is 0 Å². The normalized spacial score (nSPS) is 15.5. The van der Waals surface area contributed by atoms with E-state index in [9.17, 15) is 4.79 Å². The third-order valence-electron chi connectivity index (χ3n) is 5.05. The quantitative estimate of drug-likeness (QED) is 0.763. The molecule has 2 aromatic carbocycles. The van der Waals surface area contributed by atoms with Gasteiger partial charge in [-0.3, -0.25) is 4.79 Å². The van der Waals surface area contributed by atoms with Crippen LogP contribution in [0, 0.1) is 0 Å². The molecule has 1 N–H and O–H groups in total. The standard InChI is InChI=1S/C22H27ClN2O/c1-17(24-22(26)14-7-18-5-10-20(23)11-6-18)19-8-12-21(13-9-19)25-15-3-2-4-16-25/h5-6,8-13,17H,2-4,7,14-16H2,1H3,(H,24,26)/t17-/m0/s1. The van der Waals surface area contributed by atoms with Crippen LogP contribution in [0.5, 0.6) is 0 Å². The number of piperidine rings is 1. The van der Waals surface area contributed by atoms with Gasteiger partial charge < -0.3 is 10.2 Å². The molecule has 1 saturated heterocycles. The van der Waals surface area contributed by atoms with Crippen molar-refractivity contribution in [2.24, 2.45) is 0 Å². The summed E-state index contributed by atoms with van der Waals surface area (Å²) in [5, 5.41) is 3.82. The Labute approximate surface area is 161 Å². The summed E-state index contributed by atoms with van der Waals surface area (Å²) in [6.45, 7) is 4.34. The van der Waals surface area contributed by atoms with Crippen molar-refractivity contribution in [2.75, 3.05) is 18.0 Å². The molecule has 0 spiro atoms. The zero-order valence-electron chi connectivity index (χ0n) is 15.4. The maximum absolute atomic E-state index is 12.2. The second kappa shape index (κ2) is 9.09. The van der Waals surface area contributed by atoms with Gasteiger partial charge in [0.05, 0.1) is 6.04 Å². The van der Waals surface area contributed by atoms with E-state index in [0.29, 0.717) is 6.42 Å². The average molecular weight is 371 g/mol. The molecule has 1 atom stereocenters. The van der Waals surface area contributed by atoms with Crippen molar-refractivity contribution >= 4 is 23.2 Å². The minimum absolute atomic E-state index is 0.0168. The molecule has 1 fully saturated rings. The van der Waals surface area contributed by atoms with E-state index in [4.69, 9.17) is 11.6 Å². The first-order valence-electron chi connectivity index (χ1n) is 9.50. The van der Waals surface area contributed by atoms with E-state index in [2.05, 4.69) is 34.5 Å². The second-order valence-electron chi connectivity index (χ2n) is 7.05. The molecule has 0 bridgehead atoms. The molecular weight excluding hydrogens is 344 g/mol. The second-order valence-corrected chi connectivity index (χ2v) is 7.49. The van der Waals surface area contributed by atoms with Crippen molar-refractivity contribution < 1.29 is 4.79 Å². The summed E-state index contributed by atoms with van der Waals surface area (Å²) < 4.78 is 0. The predicted molar refractivity (Wildman–Crippen MR) is 109 cm³/mol. The Morgan fingerprint density at radius 1 is 1.04 bits per heavy atom.